The van der Waals surface area contributed by atoms with Crippen LogP contribution < -0.4 is 16.0 Å². The number of halogens is 1. The van der Waals surface area contributed by atoms with Crippen molar-refractivity contribution in [1.29, 1.82) is 0 Å². The third kappa shape index (κ3) is 8.08. The highest BCUT2D eigenvalue weighted by molar-refractivity contribution is 6.31. The number of benzene rings is 3. The molecule has 43 heavy (non-hydrogen) atoms. The molecule has 0 unspecified atom stereocenters. The maximum Gasteiger partial charge on any atom is 0.253 e. The predicted molar refractivity (Wildman–Crippen MR) is 182 cm³/mol. The molecule has 226 valence electrons. The molecule has 5 nitrogen and oxygen atoms in total. The minimum absolute atomic E-state index is 0.0211. The van der Waals surface area contributed by atoms with Gasteiger partial charge >= 0.3 is 0 Å². The number of nitrogens with zero attached hydrogens (tertiary/aromatic N) is 1. The van der Waals surface area contributed by atoms with Gasteiger partial charge in [0.15, 0.2) is 0 Å². The number of unbranched alkanes of at least 4 members (excludes halogenated alkanes) is 6. The minimum atomic E-state index is -0.0211. The normalized spacial score (nSPS) is 12.6. The number of amides is 1. The van der Waals surface area contributed by atoms with Gasteiger partial charge in [-0.05, 0) is 105 Å². The Morgan fingerprint density at radius 3 is 2.37 bits per heavy atom. The van der Waals surface area contributed by atoms with Gasteiger partial charge < -0.3 is 16.0 Å². The number of rotatable bonds is 14. The molecule has 1 aliphatic rings. The molecule has 0 saturated heterocycles. The van der Waals surface area contributed by atoms with Crippen molar-refractivity contribution in [2.45, 2.75) is 84.5 Å². The zero-order valence-corrected chi connectivity index (χ0v) is 26.5. The molecule has 1 amide bonds. The molecule has 0 atom stereocenters. The van der Waals surface area contributed by atoms with Crippen molar-refractivity contribution >= 4 is 45.5 Å². The number of hydrogen-bond donors (Lipinski definition) is 3. The van der Waals surface area contributed by atoms with Gasteiger partial charge in [-0.15, -0.1) is 0 Å². The van der Waals surface area contributed by atoms with Gasteiger partial charge in [-0.3, -0.25) is 9.78 Å². The van der Waals surface area contributed by atoms with Crippen molar-refractivity contribution in [2.75, 3.05) is 23.7 Å². The molecule has 3 aromatic carbocycles. The van der Waals surface area contributed by atoms with E-state index in [0.717, 1.165) is 60.6 Å². The molecule has 3 N–H and O–H groups in total. The standard InChI is InChI=1S/C37H45ClN4O/c1-26-15-14-20-32(27(26)2)41-34-19-11-9-17-31(34)37(43)40-24-13-7-5-3-4-6-12-23-39-36-29-16-8-10-18-33(29)42-35-25-28(38)21-22-30(35)36/h9,11,14-15,17,19-22,25,41H,3-8,10,12-13,16,18,23-24H2,1-2H3,(H,39,42)(H,40,43). The van der Waals surface area contributed by atoms with Crippen LogP contribution in [0.3, 0.4) is 0 Å². The van der Waals surface area contributed by atoms with Gasteiger partial charge in [0.05, 0.1) is 16.8 Å². The van der Waals surface area contributed by atoms with Gasteiger partial charge in [0.1, 0.15) is 0 Å². The van der Waals surface area contributed by atoms with Gasteiger partial charge in [0.25, 0.3) is 5.91 Å². The summed E-state index contributed by atoms with van der Waals surface area (Å²) >= 11 is 6.27. The fraction of sp³-hybridized carbons (Fsp3) is 0.405. The van der Waals surface area contributed by atoms with E-state index in [1.807, 2.05) is 42.5 Å². The summed E-state index contributed by atoms with van der Waals surface area (Å²) in [5.41, 5.74) is 9.92. The van der Waals surface area contributed by atoms with Crippen LogP contribution in [0.1, 0.15) is 90.5 Å². The number of anilines is 3. The summed E-state index contributed by atoms with van der Waals surface area (Å²) in [6.07, 6.45) is 12.9. The van der Waals surface area contributed by atoms with Gasteiger partial charge in [-0.1, -0.05) is 68.0 Å². The summed E-state index contributed by atoms with van der Waals surface area (Å²) in [4.78, 5) is 17.9. The molecule has 5 rings (SSSR count). The van der Waals surface area contributed by atoms with E-state index in [9.17, 15) is 4.79 Å². The number of nitrogens with one attached hydrogen (secondary N) is 3. The Balaban J connectivity index is 0.983. The number of pyridine rings is 1. The van der Waals surface area contributed by atoms with Crippen molar-refractivity contribution in [1.82, 2.24) is 10.3 Å². The quantitative estimate of drug-likeness (QED) is 0.127. The fourth-order valence-electron chi connectivity index (χ4n) is 6.07. The molecule has 1 aliphatic carbocycles. The second-order valence-corrected chi connectivity index (χ2v) is 12.3. The summed E-state index contributed by atoms with van der Waals surface area (Å²) < 4.78 is 0. The molecular formula is C37H45ClN4O. The van der Waals surface area contributed by atoms with Gasteiger partial charge in [-0.2, -0.15) is 0 Å². The van der Waals surface area contributed by atoms with E-state index in [2.05, 4.69) is 48.0 Å². The van der Waals surface area contributed by atoms with E-state index >= 15 is 0 Å². The van der Waals surface area contributed by atoms with Crippen molar-refractivity contribution in [3.8, 4) is 0 Å². The fourth-order valence-corrected chi connectivity index (χ4v) is 6.23. The number of para-hydroxylation sites is 1. The summed E-state index contributed by atoms with van der Waals surface area (Å²) in [5.74, 6) is -0.0211. The summed E-state index contributed by atoms with van der Waals surface area (Å²) in [7, 11) is 0. The largest absolute Gasteiger partial charge is 0.384 e. The molecule has 0 spiro atoms. The van der Waals surface area contributed by atoms with E-state index in [0.29, 0.717) is 12.1 Å². The van der Waals surface area contributed by atoms with Crippen LogP contribution in [0.25, 0.3) is 10.9 Å². The number of aromatic nitrogens is 1. The zero-order chi connectivity index (χ0) is 30.0. The van der Waals surface area contributed by atoms with Crippen LogP contribution in [0.15, 0.2) is 60.7 Å². The monoisotopic (exact) mass is 596 g/mol. The summed E-state index contributed by atoms with van der Waals surface area (Å²) in [6, 6.07) is 20.0. The smallest absolute Gasteiger partial charge is 0.253 e. The van der Waals surface area contributed by atoms with E-state index in [-0.39, 0.29) is 5.91 Å². The molecule has 6 heteroatoms. The molecule has 0 aliphatic heterocycles. The van der Waals surface area contributed by atoms with Crippen molar-refractivity contribution in [3.05, 3.63) is 93.6 Å². The SMILES string of the molecule is Cc1cccc(Nc2ccccc2C(=O)NCCCCCCCCCNc2c3c(nc4cc(Cl)ccc24)CCCC3)c1C. The maximum atomic E-state index is 12.9. The number of fused-ring (bicyclic) bond motifs is 2. The van der Waals surface area contributed by atoms with Gasteiger partial charge in [0, 0.05) is 40.6 Å². The van der Waals surface area contributed by atoms with Gasteiger partial charge in [-0.25, -0.2) is 0 Å². The maximum absolute atomic E-state index is 12.9. The van der Waals surface area contributed by atoms with Crippen molar-refractivity contribution < 1.29 is 4.79 Å². The summed E-state index contributed by atoms with van der Waals surface area (Å²) in [5, 5.41) is 12.3. The first-order valence-corrected chi connectivity index (χ1v) is 16.4. The lowest BCUT2D eigenvalue weighted by molar-refractivity contribution is 0.0953. The van der Waals surface area contributed by atoms with Crippen LogP contribution in [0.4, 0.5) is 17.1 Å². The van der Waals surface area contributed by atoms with Crippen LogP contribution in [0.2, 0.25) is 5.02 Å². The Bertz CT molecular complexity index is 1550. The van der Waals surface area contributed by atoms with Crippen LogP contribution in [-0.2, 0) is 12.8 Å². The highest BCUT2D eigenvalue weighted by atomic mass is 35.5. The van der Waals surface area contributed by atoms with Crippen LogP contribution >= 0.6 is 11.6 Å². The van der Waals surface area contributed by atoms with E-state index < -0.39 is 0 Å². The average molecular weight is 597 g/mol. The van der Waals surface area contributed by atoms with Crippen molar-refractivity contribution in [2.24, 2.45) is 0 Å². The van der Waals surface area contributed by atoms with Crippen LogP contribution in [-0.4, -0.2) is 24.0 Å². The predicted octanol–water partition coefficient (Wildman–Crippen LogP) is 9.70. The third-order valence-corrected chi connectivity index (χ3v) is 8.95. The molecule has 0 saturated carbocycles. The van der Waals surface area contributed by atoms with E-state index in [1.165, 1.54) is 72.0 Å². The van der Waals surface area contributed by atoms with Crippen molar-refractivity contribution in [3.63, 3.8) is 0 Å². The van der Waals surface area contributed by atoms with Crippen LogP contribution in [0.5, 0.6) is 0 Å². The number of aryl methyl sites for hydroxylation is 2. The number of hydrogen-bond acceptors (Lipinski definition) is 4. The highest BCUT2D eigenvalue weighted by Gasteiger charge is 2.18. The molecular weight excluding hydrogens is 552 g/mol. The molecule has 0 fully saturated rings. The lowest BCUT2D eigenvalue weighted by Crippen LogP contribution is -2.25. The minimum Gasteiger partial charge on any atom is -0.384 e. The van der Waals surface area contributed by atoms with E-state index in [1.54, 1.807) is 0 Å². The highest BCUT2D eigenvalue weighted by Crippen LogP contribution is 2.34. The molecule has 1 heterocycles. The first-order valence-electron chi connectivity index (χ1n) is 16.1. The second kappa shape index (κ2) is 15.2. The Morgan fingerprint density at radius 1 is 0.814 bits per heavy atom. The topological polar surface area (TPSA) is 66.1 Å². The number of carbonyl (C=O) groups excluding carboxylic acids is 1. The Kier molecular flexibility index (Phi) is 10.9. The Hall–Kier alpha value is -3.57. The lowest BCUT2D eigenvalue weighted by atomic mass is 9.92. The Morgan fingerprint density at radius 2 is 1.53 bits per heavy atom. The van der Waals surface area contributed by atoms with Gasteiger partial charge in [0.2, 0.25) is 0 Å². The molecule has 4 aromatic rings. The molecule has 1 aromatic heterocycles. The first kappa shape index (κ1) is 30.9. The molecule has 0 radical (unpaired) electrons. The number of carbonyl (C=O) groups is 1. The third-order valence-electron chi connectivity index (χ3n) is 8.71. The zero-order valence-electron chi connectivity index (χ0n) is 25.7. The first-order chi connectivity index (χ1) is 21.0. The second-order valence-electron chi connectivity index (χ2n) is 11.9. The lowest BCUT2D eigenvalue weighted by Gasteiger charge is -2.22. The molecule has 0 bridgehead atoms. The summed E-state index contributed by atoms with van der Waals surface area (Å²) in [6.45, 7) is 5.89. The van der Waals surface area contributed by atoms with Crippen LogP contribution in [0, 0.1) is 13.8 Å². The van der Waals surface area contributed by atoms with E-state index in [4.69, 9.17) is 16.6 Å². The Labute approximate surface area is 261 Å². The average Bonchev–Trinajstić information content (AvgIpc) is 3.01.